The summed E-state index contributed by atoms with van der Waals surface area (Å²) in [6, 6.07) is 7.50. The van der Waals surface area contributed by atoms with Crippen LogP contribution in [0.5, 0.6) is 5.75 Å². The van der Waals surface area contributed by atoms with Crippen LogP contribution >= 0.6 is 0 Å². The number of rotatable bonds is 4. The molecule has 2 rings (SSSR count). The van der Waals surface area contributed by atoms with Crippen molar-refractivity contribution in [3.8, 4) is 5.75 Å². The third-order valence-electron chi connectivity index (χ3n) is 3.20. The summed E-state index contributed by atoms with van der Waals surface area (Å²) in [6.07, 6.45) is 3.61. The summed E-state index contributed by atoms with van der Waals surface area (Å²) in [5.74, 6) is 0.884. The zero-order chi connectivity index (χ0) is 14.5. The number of nitrogens with zero attached hydrogens (tertiary/aromatic N) is 1. The van der Waals surface area contributed by atoms with Crippen molar-refractivity contribution < 1.29 is 27.7 Å². The van der Waals surface area contributed by atoms with E-state index in [0.717, 1.165) is 16.9 Å². The van der Waals surface area contributed by atoms with Crippen LogP contribution in [0.25, 0.3) is 6.08 Å². The van der Waals surface area contributed by atoms with Crippen molar-refractivity contribution in [3.63, 3.8) is 0 Å². The normalized spacial score (nSPS) is 14.8. The second kappa shape index (κ2) is 7.81. The first-order valence-electron chi connectivity index (χ1n) is 6.66. The minimum Gasteiger partial charge on any atom is -1.00 e. The molecule has 21 heavy (non-hydrogen) atoms. The highest BCUT2D eigenvalue weighted by Gasteiger charge is 2.20. The lowest BCUT2D eigenvalue weighted by Crippen LogP contribution is -3.00. The number of ether oxygens (including phenoxy) is 1. The van der Waals surface area contributed by atoms with E-state index in [1.54, 1.807) is 6.21 Å². The molecule has 0 spiro atoms. The quantitative estimate of drug-likeness (QED) is 0.491. The van der Waals surface area contributed by atoms with Gasteiger partial charge in [0, 0.05) is 17.1 Å². The molecule has 1 atom stereocenters. The van der Waals surface area contributed by atoms with Crippen LogP contribution < -0.4 is 28.3 Å². The van der Waals surface area contributed by atoms with Gasteiger partial charge in [-0.1, -0.05) is 32.0 Å². The third-order valence-corrected chi connectivity index (χ3v) is 3.20. The SMILES string of the molecule is CC(C)[C@@H]([NH3+])C(=O)N/N=C/C1=Cc2ccccc2OC1.[Cl-]. The number of fused-ring (bicyclic) bond motifs is 1. The largest absolute Gasteiger partial charge is 1.00 e. The number of carbonyl (C=O) groups is 1. The fraction of sp³-hybridized carbons (Fsp3) is 0.333. The number of quaternary nitrogens is 1. The summed E-state index contributed by atoms with van der Waals surface area (Å²) >= 11 is 0. The fourth-order valence-electron chi connectivity index (χ4n) is 1.77. The molecule has 1 aromatic carbocycles. The molecular formula is C15H20ClN3O2. The lowest BCUT2D eigenvalue weighted by atomic mass is 10.1. The third kappa shape index (κ3) is 4.58. The van der Waals surface area contributed by atoms with E-state index >= 15 is 0 Å². The molecule has 0 unspecified atom stereocenters. The van der Waals surface area contributed by atoms with E-state index in [2.05, 4.69) is 16.3 Å². The Kier molecular flexibility index (Phi) is 6.39. The Morgan fingerprint density at radius 2 is 2.14 bits per heavy atom. The molecule has 1 aromatic rings. The van der Waals surface area contributed by atoms with Gasteiger partial charge < -0.3 is 22.9 Å². The molecular weight excluding hydrogens is 290 g/mol. The lowest BCUT2D eigenvalue weighted by Gasteiger charge is -2.15. The standard InChI is InChI=1S/C15H19N3O2.ClH/c1-10(2)14(16)15(19)18-17-8-11-7-12-5-3-4-6-13(12)20-9-11;/h3-8,10,14H,9,16H2,1-2H3,(H,18,19);1H/b17-8+;/t14-;/m1./s1. The van der Waals surface area contributed by atoms with E-state index in [1.807, 2.05) is 44.2 Å². The van der Waals surface area contributed by atoms with Crippen molar-refractivity contribution in [3.05, 3.63) is 35.4 Å². The summed E-state index contributed by atoms with van der Waals surface area (Å²) in [6.45, 7) is 4.36. The van der Waals surface area contributed by atoms with E-state index in [0.29, 0.717) is 6.61 Å². The Morgan fingerprint density at radius 3 is 2.86 bits per heavy atom. The van der Waals surface area contributed by atoms with Crippen molar-refractivity contribution in [1.82, 2.24) is 5.43 Å². The molecule has 4 N–H and O–H groups in total. The molecule has 5 nitrogen and oxygen atoms in total. The molecule has 1 aliphatic rings. The summed E-state index contributed by atoms with van der Waals surface area (Å²) in [7, 11) is 0. The second-order valence-electron chi connectivity index (χ2n) is 5.13. The minimum atomic E-state index is -0.301. The Hall–Kier alpha value is -1.85. The molecule has 6 heteroatoms. The average Bonchev–Trinajstić information content (AvgIpc) is 2.46. The molecule has 0 aliphatic carbocycles. The van der Waals surface area contributed by atoms with Crippen LogP contribution in [0.15, 0.2) is 34.9 Å². The van der Waals surface area contributed by atoms with Crippen LogP contribution in [-0.2, 0) is 4.79 Å². The monoisotopic (exact) mass is 309 g/mol. The van der Waals surface area contributed by atoms with Gasteiger partial charge in [-0.15, -0.1) is 0 Å². The average molecular weight is 310 g/mol. The minimum absolute atomic E-state index is 0. The van der Waals surface area contributed by atoms with Crippen LogP contribution in [-0.4, -0.2) is 24.8 Å². The molecule has 0 aromatic heterocycles. The Bertz CT molecular complexity index is 556. The predicted octanol–water partition coefficient (Wildman–Crippen LogP) is -2.17. The Labute approximate surface area is 130 Å². The summed E-state index contributed by atoms with van der Waals surface area (Å²) < 4.78 is 5.59. The van der Waals surface area contributed by atoms with E-state index in [1.165, 1.54) is 0 Å². The number of benzene rings is 1. The lowest BCUT2D eigenvalue weighted by molar-refractivity contribution is -0.414. The highest BCUT2D eigenvalue weighted by molar-refractivity contribution is 5.89. The van der Waals surface area contributed by atoms with Gasteiger partial charge in [0.25, 0.3) is 5.91 Å². The highest BCUT2D eigenvalue weighted by atomic mass is 35.5. The van der Waals surface area contributed by atoms with Crippen LogP contribution in [0.2, 0.25) is 0 Å². The van der Waals surface area contributed by atoms with Gasteiger partial charge in [0.2, 0.25) is 0 Å². The number of hydrogen-bond donors (Lipinski definition) is 2. The first kappa shape index (κ1) is 17.2. The number of hydrazone groups is 1. The number of carbonyl (C=O) groups excluding carboxylic acids is 1. The number of amides is 1. The predicted molar refractivity (Wildman–Crippen MR) is 78.1 cm³/mol. The number of halogens is 1. The van der Waals surface area contributed by atoms with Crippen LogP contribution in [0.3, 0.4) is 0 Å². The van der Waals surface area contributed by atoms with Crippen molar-refractivity contribution in [2.24, 2.45) is 11.0 Å². The fourth-order valence-corrected chi connectivity index (χ4v) is 1.77. The van der Waals surface area contributed by atoms with Crippen LogP contribution in [0.1, 0.15) is 19.4 Å². The molecule has 0 fully saturated rings. The van der Waals surface area contributed by atoms with Crippen LogP contribution in [0.4, 0.5) is 0 Å². The van der Waals surface area contributed by atoms with E-state index < -0.39 is 0 Å². The van der Waals surface area contributed by atoms with Crippen molar-refractivity contribution >= 4 is 18.2 Å². The number of hydrogen-bond acceptors (Lipinski definition) is 3. The van der Waals surface area contributed by atoms with Gasteiger partial charge in [-0.2, -0.15) is 5.10 Å². The second-order valence-corrected chi connectivity index (χ2v) is 5.13. The Balaban J connectivity index is 0.00000220. The van der Waals surface area contributed by atoms with Gasteiger partial charge in [-0.05, 0) is 12.1 Å². The van der Waals surface area contributed by atoms with E-state index in [4.69, 9.17) is 4.74 Å². The van der Waals surface area contributed by atoms with Crippen molar-refractivity contribution in [2.45, 2.75) is 19.9 Å². The summed E-state index contributed by atoms with van der Waals surface area (Å²) in [5.41, 5.74) is 8.24. The van der Waals surface area contributed by atoms with Gasteiger partial charge in [0.1, 0.15) is 12.4 Å². The van der Waals surface area contributed by atoms with Gasteiger partial charge in [-0.25, -0.2) is 5.43 Å². The van der Waals surface area contributed by atoms with E-state index in [9.17, 15) is 4.79 Å². The Morgan fingerprint density at radius 1 is 1.43 bits per heavy atom. The zero-order valence-electron chi connectivity index (χ0n) is 12.2. The van der Waals surface area contributed by atoms with Gasteiger partial charge in [0.15, 0.2) is 6.04 Å². The molecule has 1 amide bonds. The van der Waals surface area contributed by atoms with Gasteiger partial charge in [-0.3, -0.25) is 4.79 Å². The molecule has 0 saturated heterocycles. The summed E-state index contributed by atoms with van der Waals surface area (Å²) in [4.78, 5) is 11.7. The first-order valence-corrected chi connectivity index (χ1v) is 6.66. The molecule has 0 saturated carbocycles. The molecule has 114 valence electrons. The van der Waals surface area contributed by atoms with Crippen LogP contribution in [0, 0.1) is 5.92 Å². The maximum atomic E-state index is 11.7. The number of nitrogens with one attached hydrogen (secondary N) is 1. The topological polar surface area (TPSA) is 78.3 Å². The van der Waals surface area contributed by atoms with Gasteiger partial charge >= 0.3 is 0 Å². The van der Waals surface area contributed by atoms with Crippen molar-refractivity contribution in [2.75, 3.05) is 6.61 Å². The zero-order valence-corrected chi connectivity index (χ0v) is 12.9. The summed E-state index contributed by atoms with van der Waals surface area (Å²) in [5, 5.41) is 3.96. The molecule has 1 aliphatic heterocycles. The van der Waals surface area contributed by atoms with Crippen molar-refractivity contribution in [1.29, 1.82) is 0 Å². The number of para-hydroxylation sites is 1. The smallest absolute Gasteiger partial charge is 0.298 e. The highest BCUT2D eigenvalue weighted by Crippen LogP contribution is 2.24. The molecule has 0 bridgehead atoms. The first-order chi connectivity index (χ1) is 9.58. The molecule has 0 radical (unpaired) electrons. The van der Waals surface area contributed by atoms with Gasteiger partial charge in [0.05, 0.1) is 6.21 Å². The maximum Gasteiger partial charge on any atom is 0.298 e. The van der Waals surface area contributed by atoms with E-state index in [-0.39, 0.29) is 30.3 Å². The molecule has 1 heterocycles. The maximum absolute atomic E-state index is 11.7.